The molecule has 1 aromatic carbocycles. The number of nitrogens with zero attached hydrogens (tertiary/aromatic N) is 1. The van der Waals surface area contributed by atoms with E-state index in [1.165, 1.54) is 0 Å². The molecule has 1 aromatic heterocycles. The maximum atomic E-state index is 13.0. The summed E-state index contributed by atoms with van der Waals surface area (Å²) in [6.07, 6.45) is 7.22. The number of carbonyl (C=O) groups excluding carboxylic acids is 1. The molecule has 1 aliphatic carbocycles. The molecule has 0 unspecified atom stereocenters. The molecule has 3 rings (SSSR count). The normalized spacial score (nSPS) is 15.7. The minimum absolute atomic E-state index is 0.0489. The highest BCUT2D eigenvalue weighted by Gasteiger charge is 2.42. The number of pyridine rings is 1. The van der Waals surface area contributed by atoms with Gasteiger partial charge in [-0.1, -0.05) is 55.8 Å². The molecule has 4 heteroatoms. The largest absolute Gasteiger partial charge is 0.473 e. The molecule has 2 aromatic rings. The second-order valence-electron chi connectivity index (χ2n) is 6.09. The van der Waals surface area contributed by atoms with Crippen LogP contribution >= 0.6 is 0 Å². The minimum atomic E-state index is -0.431. The maximum absolute atomic E-state index is 13.0. The van der Waals surface area contributed by atoms with E-state index in [4.69, 9.17) is 4.74 Å². The van der Waals surface area contributed by atoms with Crippen LogP contribution in [0.25, 0.3) is 0 Å². The second kappa shape index (κ2) is 7.30. The molecule has 0 saturated heterocycles. The van der Waals surface area contributed by atoms with Crippen LogP contribution in [-0.2, 0) is 10.2 Å². The molecular formula is C20H22N2O2. The third-order valence-electron chi connectivity index (χ3n) is 4.56. The Hall–Kier alpha value is -2.62. The number of carbonyl (C=O) groups is 1. The van der Waals surface area contributed by atoms with Crippen molar-refractivity contribution in [3.63, 3.8) is 0 Å². The van der Waals surface area contributed by atoms with Crippen molar-refractivity contribution in [1.29, 1.82) is 0 Å². The molecule has 1 saturated carbocycles. The van der Waals surface area contributed by atoms with Gasteiger partial charge in [0.15, 0.2) is 0 Å². The Morgan fingerprint density at radius 1 is 1.21 bits per heavy atom. The summed E-state index contributed by atoms with van der Waals surface area (Å²) in [5.74, 6) is 0.569. The number of amides is 1. The topological polar surface area (TPSA) is 51.2 Å². The van der Waals surface area contributed by atoms with Gasteiger partial charge in [0.25, 0.3) is 0 Å². The first-order chi connectivity index (χ1) is 11.7. The van der Waals surface area contributed by atoms with Crippen molar-refractivity contribution in [2.24, 2.45) is 0 Å². The van der Waals surface area contributed by atoms with Crippen LogP contribution in [0.1, 0.15) is 31.2 Å². The fourth-order valence-corrected chi connectivity index (χ4v) is 3.32. The van der Waals surface area contributed by atoms with Gasteiger partial charge in [-0.25, -0.2) is 4.98 Å². The van der Waals surface area contributed by atoms with Crippen molar-refractivity contribution in [1.82, 2.24) is 4.98 Å². The van der Waals surface area contributed by atoms with Gasteiger partial charge < -0.3 is 10.1 Å². The molecule has 0 aliphatic heterocycles. The molecular weight excluding hydrogens is 300 g/mol. The Kier molecular flexibility index (Phi) is 4.94. The first kappa shape index (κ1) is 16.2. The van der Waals surface area contributed by atoms with Gasteiger partial charge >= 0.3 is 0 Å². The predicted octanol–water partition coefficient (Wildman–Crippen LogP) is 4.10. The van der Waals surface area contributed by atoms with Crippen molar-refractivity contribution >= 4 is 11.6 Å². The summed E-state index contributed by atoms with van der Waals surface area (Å²) in [7, 11) is 0. The molecule has 1 N–H and O–H groups in total. The Balaban J connectivity index is 1.76. The SMILES string of the molecule is C=CCOc1ccc(NC(=O)C2(c3ccccc3)CCCC2)cn1. The van der Waals surface area contributed by atoms with Gasteiger partial charge in [-0.15, -0.1) is 0 Å². The highest BCUT2D eigenvalue weighted by Crippen LogP contribution is 2.42. The minimum Gasteiger partial charge on any atom is -0.473 e. The molecule has 1 amide bonds. The second-order valence-corrected chi connectivity index (χ2v) is 6.09. The van der Waals surface area contributed by atoms with E-state index in [2.05, 4.69) is 29.0 Å². The lowest BCUT2D eigenvalue weighted by molar-refractivity contribution is -0.121. The summed E-state index contributed by atoms with van der Waals surface area (Å²) < 4.78 is 5.36. The Morgan fingerprint density at radius 2 is 1.96 bits per heavy atom. The highest BCUT2D eigenvalue weighted by atomic mass is 16.5. The van der Waals surface area contributed by atoms with Crippen LogP contribution in [0.15, 0.2) is 61.3 Å². The van der Waals surface area contributed by atoms with Gasteiger partial charge in [0.1, 0.15) is 6.61 Å². The van der Waals surface area contributed by atoms with Crippen molar-refractivity contribution in [3.8, 4) is 5.88 Å². The molecule has 1 aliphatic rings. The van der Waals surface area contributed by atoms with E-state index in [1.54, 1.807) is 18.3 Å². The number of hydrogen-bond acceptors (Lipinski definition) is 3. The van der Waals surface area contributed by atoms with Crippen LogP contribution in [0.5, 0.6) is 5.88 Å². The zero-order valence-electron chi connectivity index (χ0n) is 13.7. The summed E-state index contributed by atoms with van der Waals surface area (Å²) in [4.78, 5) is 17.2. The Morgan fingerprint density at radius 3 is 2.58 bits per heavy atom. The number of rotatable bonds is 6. The van der Waals surface area contributed by atoms with E-state index in [0.29, 0.717) is 18.2 Å². The summed E-state index contributed by atoms with van der Waals surface area (Å²) >= 11 is 0. The number of ether oxygens (including phenoxy) is 1. The van der Waals surface area contributed by atoms with E-state index < -0.39 is 5.41 Å². The average Bonchev–Trinajstić information content (AvgIpc) is 3.13. The maximum Gasteiger partial charge on any atom is 0.235 e. The zero-order chi connectivity index (χ0) is 16.8. The van der Waals surface area contributed by atoms with Crippen LogP contribution in [0.4, 0.5) is 5.69 Å². The third-order valence-corrected chi connectivity index (χ3v) is 4.56. The first-order valence-electron chi connectivity index (χ1n) is 8.31. The monoisotopic (exact) mass is 322 g/mol. The lowest BCUT2D eigenvalue weighted by Crippen LogP contribution is -2.37. The Labute approximate surface area is 142 Å². The molecule has 0 atom stereocenters. The van der Waals surface area contributed by atoms with Crippen LogP contribution < -0.4 is 10.1 Å². The molecule has 0 spiro atoms. The van der Waals surface area contributed by atoms with Gasteiger partial charge in [0.05, 0.1) is 17.3 Å². The van der Waals surface area contributed by atoms with Gasteiger partial charge in [0.2, 0.25) is 11.8 Å². The van der Waals surface area contributed by atoms with Gasteiger partial charge in [-0.2, -0.15) is 0 Å². The van der Waals surface area contributed by atoms with E-state index in [-0.39, 0.29) is 5.91 Å². The average molecular weight is 322 g/mol. The van der Waals surface area contributed by atoms with E-state index >= 15 is 0 Å². The fourth-order valence-electron chi connectivity index (χ4n) is 3.32. The predicted molar refractivity (Wildman–Crippen MR) is 95.1 cm³/mol. The summed E-state index contributed by atoms with van der Waals surface area (Å²) in [6, 6.07) is 13.6. The third kappa shape index (κ3) is 3.32. The summed E-state index contributed by atoms with van der Waals surface area (Å²) in [5.41, 5.74) is 1.35. The lowest BCUT2D eigenvalue weighted by atomic mass is 9.78. The first-order valence-corrected chi connectivity index (χ1v) is 8.31. The molecule has 124 valence electrons. The van der Waals surface area contributed by atoms with E-state index in [0.717, 1.165) is 31.2 Å². The van der Waals surface area contributed by atoms with Gasteiger partial charge in [-0.05, 0) is 24.5 Å². The van der Waals surface area contributed by atoms with Crippen molar-refractivity contribution in [2.75, 3.05) is 11.9 Å². The number of nitrogens with one attached hydrogen (secondary N) is 1. The standard InChI is InChI=1S/C20H22N2O2/c1-2-14-24-18-11-10-17(15-21-18)22-19(23)20(12-6-7-13-20)16-8-4-3-5-9-16/h2-5,8-11,15H,1,6-7,12-14H2,(H,22,23). The number of hydrogen-bond donors (Lipinski definition) is 1. The van der Waals surface area contributed by atoms with Gasteiger partial charge in [-0.3, -0.25) is 4.79 Å². The quantitative estimate of drug-likeness (QED) is 0.815. The van der Waals surface area contributed by atoms with Crippen molar-refractivity contribution < 1.29 is 9.53 Å². The van der Waals surface area contributed by atoms with Crippen LogP contribution in [0.2, 0.25) is 0 Å². The number of aromatic nitrogens is 1. The summed E-state index contributed by atoms with van der Waals surface area (Å²) in [6.45, 7) is 4.02. The molecule has 4 nitrogen and oxygen atoms in total. The molecule has 0 bridgehead atoms. The molecule has 0 radical (unpaired) electrons. The number of benzene rings is 1. The van der Waals surface area contributed by atoms with Crippen LogP contribution in [0.3, 0.4) is 0 Å². The van der Waals surface area contributed by atoms with Gasteiger partial charge in [0, 0.05) is 6.07 Å². The van der Waals surface area contributed by atoms with Crippen LogP contribution in [-0.4, -0.2) is 17.5 Å². The van der Waals surface area contributed by atoms with Crippen LogP contribution in [0, 0.1) is 0 Å². The number of anilines is 1. The highest BCUT2D eigenvalue weighted by molar-refractivity contribution is 5.99. The molecule has 1 fully saturated rings. The van der Waals surface area contributed by atoms with Crippen molar-refractivity contribution in [2.45, 2.75) is 31.1 Å². The smallest absolute Gasteiger partial charge is 0.235 e. The Bertz CT molecular complexity index is 689. The van der Waals surface area contributed by atoms with E-state index in [9.17, 15) is 4.79 Å². The lowest BCUT2D eigenvalue weighted by Gasteiger charge is -2.28. The fraction of sp³-hybridized carbons (Fsp3) is 0.300. The zero-order valence-corrected chi connectivity index (χ0v) is 13.7. The molecule has 24 heavy (non-hydrogen) atoms. The van der Waals surface area contributed by atoms with E-state index in [1.807, 2.05) is 24.3 Å². The van der Waals surface area contributed by atoms with Crippen molar-refractivity contribution in [3.05, 3.63) is 66.9 Å². The molecule has 1 heterocycles. The summed E-state index contributed by atoms with van der Waals surface area (Å²) in [5, 5.41) is 3.03.